The summed E-state index contributed by atoms with van der Waals surface area (Å²) in [5, 5.41) is 12.9. The highest BCUT2D eigenvalue weighted by atomic mass is 35.5. The largest absolute Gasteiger partial charge is 0.457 e. The first-order valence-corrected chi connectivity index (χ1v) is 10.6. The fraction of sp³-hybridized carbons (Fsp3) is 0.105. The molecule has 8 nitrogen and oxygen atoms in total. The van der Waals surface area contributed by atoms with Crippen molar-refractivity contribution in [2.45, 2.75) is 12.1 Å². The number of hydrogen-bond donors (Lipinski definition) is 1. The Kier molecular flexibility index (Phi) is 7.24. The molecule has 1 aromatic carbocycles. The second-order valence-electron chi connectivity index (χ2n) is 5.50. The van der Waals surface area contributed by atoms with Crippen molar-refractivity contribution >= 4 is 58.0 Å². The number of carbonyl (C=O) groups excluding carboxylic acids is 2. The van der Waals surface area contributed by atoms with E-state index < -0.39 is 11.9 Å². The number of nitrogens with zero attached hydrogens (tertiary/aromatic N) is 3. The van der Waals surface area contributed by atoms with Crippen molar-refractivity contribution in [2.24, 2.45) is 0 Å². The number of esters is 1. The smallest absolute Gasteiger partial charge is 0.379 e. The molecule has 0 spiro atoms. The summed E-state index contributed by atoms with van der Waals surface area (Å²) in [7, 11) is 0. The summed E-state index contributed by atoms with van der Waals surface area (Å²) in [5.74, 6) is -0.351. The molecule has 152 valence electrons. The van der Waals surface area contributed by atoms with E-state index in [-0.39, 0.29) is 22.1 Å². The Morgan fingerprint density at radius 2 is 2.27 bits per heavy atom. The van der Waals surface area contributed by atoms with Gasteiger partial charge in [-0.1, -0.05) is 36.4 Å². The van der Waals surface area contributed by atoms with Crippen molar-refractivity contribution in [1.29, 1.82) is 5.26 Å². The van der Waals surface area contributed by atoms with Crippen molar-refractivity contribution in [3.8, 4) is 11.8 Å². The molecule has 0 saturated heterocycles. The fourth-order valence-electron chi connectivity index (χ4n) is 2.16. The van der Waals surface area contributed by atoms with Crippen LogP contribution in [0.15, 0.2) is 51.7 Å². The van der Waals surface area contributed by atoms with Crippen LogP contribution < -0.4 is 10.1 Å². The van der Waals surface area contributed by atoms with Gasteiger partial charge in [0, 0.05) is 11.5 Å². The minimum Gasteiger partial charge on any atom is -0.457 e. The van der Waals surface area contributed by atoms with Crippen LogP contribution >= 0.6 is 34.9 Å². The summed E-state index contributed by atoms with van der Waals surface area (Å²) in [6.45, 7) is 1.97. The quantitative estimate of drug-likeness (QED) is 0.178. The number of benzene rings is 1. The number of carbonyl (C=O) groups is 2. The van der Waals surface area contributed by atoms with Crippen LogP contribution in [0.3, 0.4) is 0 Å². The lowest BCUT2D eigenvalue weighted by Gasteiger charge is -2.06. The van der Waals surface area contributed by atoms with E-state index in [1.807, 2.05) is 13.0 Å². The lowest BCUT2D eigenvalue weighted by Crippen LogP contribution is -2.13. The average molecular weight is 461 g/mol. The highest BCUT2D eigenvalue weighted by Gasteiger charge is 2.15. The zero-order valence-corrected chi connectivity index (χ0v) is 17.8. The maximum absolute atomic E-state index is 12.4. The number of ether oxygens (including phenoxy) is 1. The molecule has 3 rings (SSSR count). The molecule has 1 N–H and O–H groups in total. The van der Waals surface area contributed by atoms with Crippen LogP contribution in [0.1, 0.15) is 23.0 Å². The van der Waals surface area contributed by atoms with E-state index in [2.05, 4.69) is 14.7 Å². The number of nitrogens with one attached hydrogen (secondary N) is 1. The van der Waals surface area contributed by atoms with Gasteiger partial charge < -0.3 is 9.15 Å². The van der Waals surface area contributed by atoms with Gasteiger partial charge in [-0.3, -0.25) is 10.1 Å². The van der Waals surface area contributed by atoms with Gasteiger partial charge in [-0.05, 0) is 41.7 Å². The number of nitriles is 1. The molecule has 0 aliphatic heterocycles. The van der Waals surface area contributed by atoms with Crippen LogP contribution in [0.25, 0.3) is 6.08 Å². The number of furan rings is 1. The molecule has 0 fully saturated rings. The monoisotopic (exact) mass is 460 g/mol. The number of aromatic nitrogens is 2. The lowest BCUT2D eigenvalue weighted by atomic mass is 10.1. The summed E-state index contributed by atoms with van der Waals surface area (Å²) >= 11 is 8.64. The average Bonchev–Trinajstić information content (AvgIpc) is 3.40. The standard InChI is InChI=1S/C19H13ClN4O4S2/c1-2-29-19-23-18(30-24-19)22-16(25)12(10-21)8-11-5-6-14(13(20)9-11)28-17(26)15-4-3-7-27-15/h3-9H,2H2,1H3,(H,22,23,24,25). The zero-order chi connectivity index (χ0) is 21.5. The minimum atomic E-state index is -0.694. The van der Waals surface area contributed by atoms with Crippen LogP contribution in [0.2, 0.25) is 5.02 Å². The van der Waals surface area contributed by atoms with E-state index in [9.17, 15) is 14.9 Å². The van der Waals surface area contributed by atoms with Crippen LogP contribution in [0.5, 0.6) is 5.75 Å². The van der Waals surface area contributed by atoms with Crippen molar-refractivity contribution in [1.82, 2.24) is 9.36 Å². The molecule has 2 aromatic heterocycles. The number of anilines is 1. The van der Waals surface area contributed by atoms with Gasteiger partial charge in [-0.15, -0.1) is 0 Å². The number of hydrogen-bond acceptors (Lipinski definition) is 9. The Morgan fingerprint density at radius 1 is 1.43 bits per heavy atom. The van der Waals surface area contributed by atoms with E-state index in [1.54, 1.807) is 12.1 Å². The summed E-state index contributed by atoms with van der Waals surface area (Å²) < 4.78 is 14.3. The molecule has 0 atom stereocenters. The van der Waals surface area contributed by atoms with Crippen molar-refractivity contribution in [3.63, 3.8) is 0 Å². The van der Waals surface area contributed by atoms with E-state index in [1.165, 1.54) is 42.3 Å². The van der Waals surface area contributed by atoms with Crippen LogP contribution in [0.4, 0.5) is 5.13 Å². The second-order valence-corrected chi connectivity index (χ2v) is 7.89. The van der Waals surface area contributed by atoms with E-state index in [4.69, 9.17) is 20.8 Å². The number of halogens is 1. The molecule has 0 bridgehead atoms. The van der Waals surface area contributed by atoms with Gasteiger partial charge in [0.05, 0.1) is 11.3 Å². The van der Waals surface area contributed by atoms with Gasteiger partial charge >= 0.3 is 5.97 Å². The molecule has 0 radical (unpaired) electrons. The van der Waals surface area contributed by atoms with Gasteiger partial charge in [-0.25, -0.2) is 4.79 Å². The Balaban J connectivity index is 1.71. The Hall–Kier alpha value is -3.13. The van der Waals surface area contributed by atoms with Crippen molar-refractivity contribution in [2.75, 3.05) is 11.1 Å². The van der Waals surface area contributed by atoms with Gasteiger partial charge in [-0.2, -0.15) is 14.6 Å². The molecule has 2 heterocycles. The van der Waals surface area contributed by atoms with Crippen molar-refractivity contribution in [3.05, 3.63) is 58.5 Å². The first-order chi connectivity index (χ1) is 14.5. The molecule has 1 amide bonds. The molecule has 11 heteroatoms. The van der Waals surface area contributed by atoms with Gasteiger partial charge in [0.15, 0.2) is 0 Å². The molecule has 0 unspecified atom stereocenters. The molecular weight excluding hydrogens is 448 g/mol. The Morgan fingerprint density at radius 3 is 2.93 bits per heavy atom. The van der Waals surface area contributed by atoms with Crippen LogP contribution in [0, 0.1) is 11.3 Å². The molecular formula is C19H13ClN4O4S2. The zero-order valence-electron chi connectivity index (χ0n) is 15.4. The number of rotatable bonds is 7. The van der Waals surface area contributed by atoms with E-state index in [0.717, 1.165) is 17.3 Å². The molecule has 30 heavy (non-hydrogen) atoms. The topological polar surface area (TPSA) is 118 Å². The summed E-state index contributed by atoms with van der Waals surface area (Å²) in [4.78, 5) is 28.5. The maximum atomic E-state index is 12.4. The van der Waals surface area contributed by atoms with Gasteiger partial charge in [0.25, 0.3) is 5.91 Å². The highest BCUT2D eigenvalue weighted by molar-refractivity contribution is 7.99. The van der Waals surface area contributed by atoms with E-state index >= 15 is 0 Å². The minimum absolute atomic E-state index is 0.0376. The molecule has 0 aliphatic carbocycles. The predicted octanol–water partition coefficient (Wildman–Crippen LogP) is 4.66. The Labute approximate surface area is 184 Å². The third kappa shape index (κ3) is 5.48. The first-order valence-electron chi connectivity index (χ1n) is 8.45. The van der Waals surface area contributed by atoms with Crippen molar-refractivity contribution < 1.29 is 18.7 Å². The van der Waals surface area contributed by atoms with Crippen LogP contribution in [-0.2, 0) is 4.79 Å². The van der Waals surface area contributed by atoms with Gasteiger partial charge in [0.1, 0.15) is 17.4 Å². The third-order valence-corrected chi connectivity index (χ3v) is 5.23. The molecule has 0 saturated carbocycles. The predicted molar refractivity (Wildman–Crippen MR) is 114 cm³/mol. The summed E-state index contributed by atoms with van der Waals surface area (Å²) in [5.41, 5.74) is 0.329. The summed E-state index contributed by atoms with van der Waals surface area (Å²) in [6, 6.07) is 9.36. The molecule has 3 aromatic rings. The first kappa shape index (κ1) is 21.6. The van der Waals surface area contributed by atoms with Gasteiger partial charge in [0.2, 0.25) is 16.0 Å². The van der Waals surface area contributed by atoms with E-state index in [0.29, 0.717) is 15.9 Å². The normalized spacial score (nSPS) is 11.0. The molecule has 0 aliphatic rings. The highest BCUT2D eigenvalue weighted by Crippen LogP contribution is 2.27. The maximum Gasteiger partial charge on any atom is 0.379 e. The third-order valence-electron chi connectivity index (χ3n) is 3.46. The summed E-state index contributed by atoms with van der Waals surface area (Å²) in [6.07, 6.45) is 2.72. The lowest BCUT2D eigenvalue weighted by molar-refractivity contribution is -0.112. The number of thioether (sulfide) groups is 1. The van der Waals surface area contributed by atoms with Crippen LogP contribution in [-0.4, -0.2) is 27.0 Å². The second kappa shape index (κ2) is 10.1. The SMILES string of the molecule is CCSc1nsc(NC(=O)C(C#N)=Cc2ccc(OC(=O)c3ccco3)c(Cl)c2)n1. The fourth-order valence-corrected chi connectivity index (χ4v) is 3.66. The Bertz CT molecular complexity index is 1140. The number of amides is 1.